The van der Waals surface area contributed by atoms with Crippen molar-refractivity contribution in [3.05, 3.63) is 66.1 Å². The molecule has 0 fully saturated rings. The third-order valence-electron chi connectivity index (χ3n) is 3.01. The fourth-order valence-electron chi connectivity index (χ4n) is 2.05. The first-order valence-corrected chi connectivity index (χ1v) is 6.12. The van der Waals surface area contributed by atoms with Crippen molar-refractivity contribution in [2.24, 2.45) is 0 Å². The molecular weight excluding hydrogens is 256 g/mol. The van der Waals surface area contributed by atoms with Gasteiger partial charge in [-0.25, -0.2) is 9.78 Å². The molecule has 2 aromatic heterocycles. The predicted molar refractivity (Wildman–Crippen MR) is 72.9 cm³/mol. The molecule has 20 heavy (non-hydrogen) atoms. The maximum atomic E-state index is 11.1. The van der Waals surface area contributed by atoms with E-state index in [4.69, 9.17) is 9.84 Å². The van der Waals surface area contributed by atoms with Gasteiger partial charge >= 0.3 is 5.97 Å². The number of rotatable bonds is 4. The molecule has 0 spiro atoms. The van der Waals surface area contributed by atoms with Crippen LogP contribution in [0.3, 0.4) is 0 Å². The van der Waals surface area contributed by atoms with E-state index in [1.54, 1.807) is 24.4 Å². The Morgan fingerprint density at radius 3 is 2.90 bits per heavy atom. The van der Waals surface area contributed by atoms with E-state index in [9.17, 15) is 4.79 Å². The molecule has 0 radical (unpaired) electrons. The van der Waals surface area contributed by atoms with Crippen LogP contribution in [0.5, 0.6) is 5.75 Å². The lowest BCUT2D eigenvalue weighted by atomic mass is 10.2. The molecule has 0 saturated heterocycles. The molecule has 5 nitrogen and oxygen atoms in total. The van der Waals surface area contributed by atoms with Gasteiger partial charge < -0.3 is 14.2 Å². The summed E-state index contributed by atoms with van der Waals surface area (Å²) in [7, 11) is 0. The van der Waals surface area contributed by atoms with Crippen LogP contribution in [0.4, 0.5) is 0 Å². The summed E-state index contributed by atoms with van der Waals surface area (Å²) < 4.78 is 7.54. The molecule has 0 aliphatic heterocycles. The lowest BCUT2D eigenvalue weighted by molar-refractivity contribution is 0.0691. The van der Waals surface area contributed by atoms with E-state index in [-0.39, 0.29) is 12.2 Å². The Labute approximate surface area is 115 Å². The van der Waals surface area contributed by atoms with Crippen molar-refractivity contribution in [3.8, 4) is 5.75 Å². The van der Waals surface area contributed by atoms with Crippen molar-refractivity contribution in [2.75, 3.05) is 0 Å². The van der Waals surface area contributed by atoms with Gasteiger partial charge in [-0.15, -0.1) is 0 Å². The number of pyridine rings is 1. The predicted octanol–water partition coefficient (Wildman–Crippen LogP) is 2.61. The molecule has 0 amide bonds. The Morgan fingerprint density at radius 2 is 2.05 bits per heavy atom. The number of carboxylic acid groups (broad SMARTS) is 1. The number of imidazole rings is 1. The third-order valence-corrected chi connectivity index (χ3v) is 3.01. The van der Waals surface area contributed by atoms with Crippen LogP contribution in [0, 0.1) is 0 Å². The van der Waals surface area contributed by atoms with Gasteiger partial charge in [0, 0.05) is 12.4 Å². The van der Waals surface area contributed by atoms with Gasteiger partial charge in [-0.2, -0.15) is 0 Å². The molecule has 3 aromatic rings. The Balaban J connectivity index is 1.87. The number of ether oxygens (including phenoxy) is 1. The lowest BCUT2D eigenvalue weighted by Crippen LogP contribution is -2.05. The first-order chi connectivity index (χ1) is 9.75. The minimum Gasteiger partial charge on any atom is -0.486 e. The molecule has 0 atom stereocenters. The highest BCUT2D eigenvalue weighted by atomic mass is 16.5. The fourth-order valence-corrected chi connectivity index (χ4v) is 2.05. The normalized spacial score (nSPS) is 10.6. The molecule has 100 valence electrons. The zero-order valence-corrected chi connectivity index (χ0v) is 10.6. The van der Waals surface area contributed by atoms with Crippen LogP contribution in [0.2, 0.25) is 0 Å². The number of carbonyl (C=O) groups is 1. The van der Waals surface area contributed by atoms with Gasteiger partial charge in [-0.3, -0.25) is 0 Å². The average molecular weight is 268 g/mol. The third kappa shape index (κ3) is 2.21. The second-order valence-electron chi connectivity index (χ2n) is 4.26. The van der Waals surface area contributed by atoms with Crippen molar-refractivity contribution in [2.45, 2.75) is 6.61 Å². The number of para-hydroxylation sites is 1. The van der Waals surface area contributed by atoms with Gasteiger partial charge in [0.15, 0.2) is 0 Å². The van der Waals surface area contributed by atoms with E-state index in [1.807, 2.05) is 28.8 Å². The van der Waals surface area contributed by atoms with Crippen molar-refractivity contribution in [3.63, 3.8) is 0 Å². The number of nitrogens with zero attached hydrogens (tertiary/aromatic N) is 2. The number of aromatic carboxylic acids is 1. The van der Waals surface area contributed by atoms with Gasteiger partial charge in [-0.05, 0) is 24.3 Å². The first-order valence-electron chi connectivity index (χ1n) is 6.12. The zero-order chi connectivity index (χ0) is 13.9. The summed E-state index contributed by atoms with van der Waals surface area (Å²) >= 11 is 0. The van der Waals surface area contributed by atoms with Gasteiger partial charge in [0.25, 0.3) is 0 Å². The molecule has 3 rings (SSSR count). The molecule has 1 aromatic carbocycles. The topological polar surface area (TPSA) is 63.8 Å². The van der Waals surface area contributed by atoms with E-state index < -0.39 is 5.97 Å². The molecule has 0 unspecified atom stereocenters. The number of fused-ring (bicyclic) bond motifs is 1. The number of hydrogen-bond acceptors (Lipinski definition) is 3. The van der Waals surface area contributed by atoms with Gasteiger partial charge in [-0.1, -0.05) is 18.2 Å². The SMILES string of the molecule is O=C(O)c1ccccc1OCc1cccc2nccn12. The van der Waals surface area contributed by atoms with E-state index >= 15 is 0 Å². The summed E-state index contributed by atoms with van der Waals surface area (Å²) in [6, 6.07) is 12.3. The van der Waals surface area contributed by atoms with Gasteiger partial charge in [0.1, 0.15) is 23.6 Å². The molecule has 0 aliphatic rings. The van der Waals surface area contributed by atoms with Crippen LogP contribution in [0.25, 0.3) is 5.65 Å². The highest BCUT2D eigenvalue weighted by molar-refractivity contribution is 5.90. The van der Waals surface area contributed by atoms with Crippen LogP contribution < -0.4 is 4.74 Å². The van der Waals surface area contributed by atoms with E-state index in [0.29, 0.717) is 5.75 Å². The maximum absolute atomic E-state index is 11.1. The summed E-state index contributed by atoms with van der Waals surface area (Å²) in [5.74, 6) is -0.640. The number of hydrogen-bond donors (Lipinski definition) is 1. The van der Waals surface area contributed by atoms with Crippen LogP contribution in [0.15, 0.2) is 54.9 Å². The van der Waals surface area contributed by atoms with Crippen LogP contribution >= 0.6 is 0 Å². The Kier molecular flexibility index (Phi) is 3.09. The molecule has 0 aliphatic carbocycles. The average Bonchev–Trinajstić information content (AvgIpc) is 2.94. The summed E-state index contributed by atoms with van der Waals surface area (Å²) in [5.41, 5.74) is 1.89. The van der Waals surface area contributed by atoms with Gasteiger partial charge in [0.2, 0.25) is 0 Å². The quantitative estimate of drug-likeness (QED) is 0.790. The van der Waals surface area contributed by atoms with Crippen molar-refractivity contribution < 1.29 is 14.6 Å². The van der Waals surface area contributed by atoms with Crippen molar-refractivity contribution >= 4 is 11.6 Å². The highest BCUT2D eigenvalue weighted by Crippen LogP contribution is 2.19. The summed E-state index contributed by atoms with van der Waals surface area (Å²) in [5, 5.41) is 9.11. The van der Waals surface area contributed by atoms with Crippen LogP contribution in [0.1, 0.15) is 16.1 Å². The monoisotopic (exact) mass is 268 g/mol. The van der Waals surface area contributed by atoms with Crippen molar-refractivity contribution in [1.82, 2.24) is 9.38 Å². The Morgan fingerprint density at radius 1 is 1.20 bits per heavy atom. The van der Waals surface area contributed by atoms with Crippen LogP contribution in [-0.4, -0.2) is 20.5 Å². The summed E-state index contributed by atoms with van der Waals surface area (Å²) in [6.07, 6.45) is 3.56. The molecule has 0 bridgehead atoms. The van der Waals surface area contributed by atoms with E-state index in [1.165, 1.54) is 6.07 Å². The minimum atomic E-state index is -0.999. The fraction of sp³-hybridized carbons (Fsp3) is 0.0667. The Bertz CT molecular complexity index is 764. The highest BCUT2D eigenvalue weighted by Gasteiger charge is 2.10. The van der Waals surface area contributed by atoms with E-state index in [2.05, 4.69) is 4.98 Å². The standard InChI is InChI=1S/C15H12N2O3/c18-15(19)12-5-1-2-6-13(12)20-10-11-4-3-7-14-16-8-9-17(11)14/h1-9H,10H2,(H,18,19). The largest absolute Gasteiger partial charge is 0.486 e. The summed E-state index contributed by atoms with van der Waals surface area (Å²) in [4.78, 5) is 15.3. The number of benzene rings is 1. The number of carboxylic acids is 1. The molecule has 1 N–H and O–H groups in total. The minimum absolute atomic E-state index is 0.158. The molecule has 2 heterocycles. The second kappa shape index (κ2) is 5.05. The smallest absolute Gasteiger partial charge is 0.339 e. The Hall–Kier alpha value is -2.82. The van der Waals surface area contributed by atoms with Gasteiger partial charge in [0.05, 0.1) is 5.69 Å². The lowest BCUT2D eigenvalue weighted by Gasteiger charge is -2.10. The van der Waals surface area contributed by atoms with Crippen molar-refractivity contribution in [1.29, 1.82) is 0 Å². The molecule has 5 heteroatoms. The zero-order valence-electron chi connectivity index (χ0n) is 10.6. The maximum Gasteiger partial charge on any atom is 0.339 e. The first kappa shape index (κ1) is 12.2. The number of aromatic nitrogens is 2. The second-order valence-corrected chi connectivity index (χ2v) is 4.26. The molecule has 0 saturated carbocycles. The van der Waals surface area contributed by atoms with Crippen LogP contribution in [-0.2, 0) is 6.61 Å². The van der Waals surface area contributed by atoms with E-state index in [0.717, 1.165) is 11.3 Å². The summed E-state index contributed by atoms with van der Waals surface area (Å²) in [6.45, 7) is 0.276. The molecular formula is C15H12N2O3.